The van der Waals surface area contributed by atoms with Crippen LogP contribution in [0.1, 0.15) is 23.4 Å². The van der Waals surface area contributed by atoms with E-state index in [0.717, 1.165) is 16.6 Å². The van der Waals surface area contributed by atoms with Crippen LogP contribution in [0.15, 0.2) is 28.0 Å². The molecule has 22 heavy (non-hydrogen) atoms. The van der Waals surface area contributed by atoms with Gasteiger partial charge in [-0.15, -0.1) is 0 Å². The predicted octanol–water partition coefficient (Wildman–Crippen LogP) is 4.67. The monoisotopic (exact) mass is 354 g/mol. The van der Waals surface area contributed by atoms with Gasteiger partial charge in [-0.2, -0.15) is 0 Å². The van der Waals surface area contributed by atoms with Gasteiger partial charge in [0.25, 0.3) is 0 Å². The van der Waals surface area contributed by atoms with Crippen molar-refractivity contribution in [2.24, 2.45) is 0 Å². The van der Waals surface area contributed by atoms with E-state index in [1.165, 1.54) is 17.8 Å². The van der Waals surface area contributed by atoms with Crippen molar-refractivity contribution in [3.05, 3.63) is 40.0 Å². The highest BCUT2D eigenvalue weighted by atomic mass is 35.5. The van der Waals surface area contributed by atoms with Crippen LogP contribution in [0.5, 0.6) is 0 Å². The van der Waals surface area contributed by atoms with Crippen LogP contribution in [-0.4, -0.2) is 15.0 Å². The van der Waals surface area contributed by atoms with Crippen molar-refractivity contribution in [2.75, 3.05) is 5.73 Å². The van der Waals surface area contributed by atoms with Crippen LogP contribution >= 0.6 is 35.0 Å². The molecule has 3 rings (SSSR count). The molecule has 0 aliphatic carbocycles. The van der Waals surface area contributed by atoms with Gasteiger partial charge in [0.15, 0.2) is 15.9 Å². The molecule has 0 spiro atoms. The third kappa shape index (κ3) is 2.99. The Balaban J connectivity index is 1.94. The average molecular weight is 355 g/mol. The summed E-state index contributed by atoms with van der Waals surface area (Å²) in [5, 5.41) is 2.09. The summed E-state index contributed by atoms with van der Waals surface area (Å²) in [5.74, 6) is 0.335. The van der Waals surface area contributed by atoms with Crippen LogP contribution in [0.4, 0.5) is 5.82 Å². The molecule has 114 valence electrons. The summed E-state index contributed by atoms with van der Waals surface area (Å²) in [6, 6.07) is 3.47. The minimum absolute atomic E-state index is 0.0194. The molecule has 3 aromatic heterocycles. The number of furan rings is 1. The van der Waals surface area contributed by atoms with E-state index in [1.54, 1.807) is 6.26 Å². The number of rotatable bonds is 3. The molecule has 0 radical (unpaired) electrons. The van der Waals surface area contributed by atoms with Gasteiger partial charge in [-0.1, -0.05) is 35.0 Å². The van der Waals surface area contributed by atoms with Crippen molar-refractivity contribution in [2.45, 2.75) is 24.3 Å². The highest BCUT2D eigenvalue weighted by Gasteiger charge is 2.16. The first-order valence-corrected chi connectivity index (χ1v) is 8.08. The van der Waals surface area contributed by atoms with Crippen LogP contribution in [-0.2, 0) is 0 Å². The van der Waals surface area contributed by atoms with Gasteiger partial charge >= 0.3 is 0 Å². The molecular formula is C14H12Cl2N4OS. The summed E-state index contributed by atoms with van der Waals surface area (Å²) in [6.45, 7) is 3.95. The maximum absolute atomic E-state index is 6.19. The lowest BCUT2D eigenvalue weighted by atomic mass is 10.2. The summed E-state index contributed by atoms with van der Waals surface area (Å²) in [4.78, 5) is 12.7. The summed E-state index contributed by atoms with van der Waals surface area (Å²) in [6.07, 6.45) is 1.67. The first kappa shape index (κ1) is 15.4. The smallest absolute Gasteiger partial charge is 0.191 e. The highest BCUT2D eigenvalue weighted by molar-refractivity contribution is 7.99. The normalized spacial score (nSPS) is 12.7. The van der Waals surface area contributed by atoms with Gasteiger partial charge in [-0.05, 0) is 25.5 Å². The van der Waals surface area contributed by atoms with Crippen LogP contribution in [0, 0.1) is 6.92 Å². The summed E-state index contributed by atoms with van der Waals surface area (Å²) in [7, 11) is 0. The Kier molecular flexibility index (Phi) is 4.16. The number of fused-ring (bicyclic) bond motifs is 1. The summed E-state index contributed by atoms with van der Waals surface area (Å²) in [5.41, 5.74) is 8.11. The quantitative estimate of drug-likeness (QED) is 0.318. The second kappa shape index (κ2) is 5.95. The number of anilines is 1. The highest BCUT2D eigenvalue weighted by Crippen LogP contribution is 2.36. The molecule has 1 atom stereocenters. The fourth-order valence-corrected chi connectivity index (χ4v) is 3.38. The van der Waals surface area contributed by atoms with Gasteiger partial charge < -0.3 is 10.2 Å². The molecular weight excluding hydrogens is 343 g/mol. The molecule has 3 heterocycles. The van der Waals surface area contributed by atoms with Crippen LogP contribution in [0.3, 0.4) is 0 Å². The van der Waals surface area contributed by atoms with E-state index in [1.807, 2.05) is 19.9 Å². The molecule has 0 aliphatic rings. The third-order valence-electron chi connectivity index (χ3n) is 3.12. The number of nitrogens with two attached hydrogens (primary N) is 1. The van der Waals surface area contributed by atoms with Gasteiger partial charge in [0.1, 0.15) is 11.0 Å². The Labute approximate surface area is 141 Å². The Morgan fingerprint density at radius 2 is 2.00 bits per heavy atom. The second-order valence-corrected chi connectivity index (χ2v) is 6.84. The molecule has 5 nitrogen and oxygen atoms in total. The number of nitrogen functional groups attached to an aromatic ring is 1. The number of hydrogen-bond acceptors (Lipinski definition) is 6. The van der Waals surface area contributed by atoms with E-state index in [2.05, 4.69) is 15.0 Å². The standard InChI is InChI=1S/C14H12Cl2N4OS/c1-6-5-21-12-8(6)3-9(18-13(12)16)7(2)22-14-19-10(15)4-11(17)20-14/h3-5,7H,1-2H3,(H2,17,19,20). The Hall–Kier alpha value is -1.50. The summed E-state index contributed by atoms with van der Waals surface area (Å²) < 4.78 is 5.40. The third-order valence-corrected chi connectivity index (χ3v) is 4.56. The maximum atomic E-state index is 6.19. The molecule has 0 amide bonds. The fraction of sp³-hybridized carbons (Fsp3) is 0.214. The molecule has 0 fully saturated rings. The fourth-order valence-electron chi connectivity index (χ4n) is 2.03. The van der Waals surface area contributed by atoms with E-state index < -0.39 is 0 Å². The van der Waals surface area contributed by atoms with E-state index in [4.69, 9.17) is 33.4 Å². The van der Waals surface area contributed by atoms with Crippen molar-refractivity contribution >= 4 is 51.8 Å². The number of thioether (sulfide) groups is 1. The number of pyridine rings is 1. The molecule has 0 saturated heterocycles. The number of halogens is 2. The topological polar surface area (TPSA) is 77.8 Å². The molecule has 0 bridgehead atoms. The molecule has 1 unspecified atom stereocenters. The molecule has 2 N–H and O–H groups in total. The van der Waals surface area contributed by atoms with E-state index >= 15 is 0 Å². The number of nitrogens with zero attached hydrogens (tertiary/aromatic N) is 3. The number of aryl methyl sites for hydroxylation is 1. The summed E-state index contributed by atoms with van der Waals surface area (Å²) >= 11 is 13.5. The van der Waals surface area contributed by atoms with Crippen molar-refractivity contribution in [1.82, 2.24) is 15.0 Å². The van der Waals surface area contributed by atoms with E-state index in [9.17, 15) is 0 Å². The first-order valence-electron chi connectivity index (χ1n) is 6.45. The number of hydrogen-bond donors (Lipinski definition) is 1. The van der Waals surface area contributed by atoms with Crippen LogP contribution in [0.25, 0.3) is 11.0 Å². The van der Waals surface area contributed by atoms with Crippen LogP contribution in [0.2, 0.25) is 10.3 Å². The van der Waals surface area contributed by atoms with E-state index in [-0.39, 0.29) is 5.25 Å². The zero-order chi connectivity index (χ0) is 15.9. The van der Waals surface area contributed by atoms with E-state index in [0.29, 0.717) is 26.9 Å². The zero-order valence-corrected chi connectivity index (χ0v) is 14.1. The Bertz CT molecular complexity index is 832. The molecule has 0 aliphatic heterocycles. The van der Waals surface area contributed by atoms with Crippen molar-refractivity contribution in [3.63, 3.8) is 0 Å². The molecule has 8 heteroatoms. The van der Waals surface area contributed by atoms with Gasteiger partial charge in [-0.25, -0.2) is 15.0 Å². The minimum Gasteiger partial charge on any atom is -0.461 e. The van der Waals surface area contributed by atoms with Gasteiger partial charge in [0, 0.05) is 11.5 Å². The largest absolute Gasteiger partial charge is 0.461 e. The zero-order valence-electron chi connectivity index (χ0n) is 11.8. The lowest BCUT2D eigenvalue weighted by Crippen LogP contribution is -1.98. The van der Waals surface area contributed by atoms with Crippen LogP contribution < -0.4 is 5.73 Å². The lowest BCUT2D eigenvalue weighted by molar-refractivity contribution is 0.611. The maximum Gasteiger partial charge on any atom is 0.191 e. The van der Waals surface area contributed by atoms with Crippen molar-refractivity contribution < 1.29 is 4.42 Å². The minimum atomic E-state index is -0.0194. The Morgan fingerprint density at radius 3 is 2.73 bits per heavy atom. The van der Waals surface area contributed by atoms with Crippen molar-refractivity contribution in [3.8, 4) is 0 Å². The predicted molar refractivity (Wildman–Crippen MR) is 89.5 cm³/mol. The van der Waals surface area contributed by atoms with Crippen molar-refractivity contribution in [1.29, 1.82) is 0 Å². The SMILES string of the molecule is Cc1coc2c(Cl)nc(C(C)Sc3nc(N)cc(Cl)n3)cc12. The van der Waals surface area contributed by atoms with Gasteiger partial charge in [0.2, 0.25) is 0 Å². The lowest BCUT2D eigenvalue weighted by Gasteiger charge is -2.11. The molecule has 0 aromatic carbocycles. The molecule has 3 aromatic rings. The second-order valence-electron chi connectivity index (χ2n) is 4.79. The first-order chi connectivity index (χ1) is 10.4. The average Bonchev–Trinajstić information content (AvgIpc) is 2.80. The van der Waals surface area contributed by atoms with Gasteiger partial charge in [0.05, 0.1) is 17.2 Å². The molecule has 0 saturated carbocycles. The Morgan fingerprint density at radius 1 is 1.23 bits per heavy atom. The van der Waals surface area contributed by atoms with Gasteiger partial charge in [-0.3, -0.25) is 0 Å². The number of aromatic nitrogens is 3.